The van der Waals surface area contributed by atoms with Gasteiger partial charge in [-0.2, -0.15) is 0 Å². The SMILES string of the molecule is CCCCN1CC(C)(c2ccccc2)NCC1C1CC1. The first-order valence-electron chi connectivity index (χ1n) is 8.27. The molecule has 1 aliphatic heterocycles. The third-order valence-electron chi connectivity index (χ3n) is 5.07. The molecule has 0 spiro atoms. The molecule has 2 unspecified atom stereocenters. The summed E-state index contributed by atoms with van der Waals surface area (Å²) < 4.78 is 0. The Morgan fingerprint density at radius 1 is 1.25 bits per heavy atom. The van der Waals surface area contributed by atoms with Crippen molar-refractivity contribution in [2.75, 3.05) is 19.6 Å². The molecule has 2 aliphatic rings. The van der Waals surface area contributed by atoms with Gasteiger partial charge in [-0.3, -0.25) is 4.90 Å². The van der Waals surface area contributed by atoms with Gasteiger partial charge in [-0.1, -0.05) is 43.7 Å². The number of nitrogens with one attached hydrogen (secondary N) is 1. The highest BCUT2D eigenvalue weighted by Crippen LogP contribution is 2.38. The van der Waals surface area contributed by atoms with Gasteiger partial charge in [0.15, 0.2) is 0 Å². The molecular formula is C18H28N2. The van der Waals surface area contributed by atoms with Crippen LogP contribution in [0.2, 0.25) is 0 Å². The molecule has 2 heteroatoms. The number of piperazine rings is 1. The molecule has 2 fully saturated rings. The first-order chi connectivity index (χ1) is 9.73. The number of hydrogen-bond donors (Lipinski definition) is 1. The molecule has 1 saturated heterocycles. The predicted octanol–water partition coefficient (Wildman–Crippen LogP) is 3.39. The molecule has 0 amide bonds. The third kappa shape index (κ3) is 2.91. The van der Waals surface area contributed by atoms with Crippen LogP contribution in [-0.2, 0) is 5.54 Å². The molecule has 20 heavy (non-hydrogen) atoms. The normalized spacial score (nSPS) is 31.4. The van der Waals surface area contributed by atoms with E-state index < -0.39 is 0 Å². The van der Waals surface area contributed by atoms with Crippen molar-refractivity contribution >= 4 is 0 Å². The van der Waals surface area contributed by atoms with E-state index in [2.05, 4.69) is 54.4 Å². The maximum atomic E-state index is 3.85. The van der Waals surface area contributed by atoms with Crippen molar-refractivity contribution < 1.29 is 0 Å². The van der Waals surface area contributed by atoms with E-state index in [1.807, 2.05) is 0 Å². The topological polar surface area (TPSA) is 15.3 Å². The fourth-order valence-electron chi connectivity index (χ4n) is 3.59. The fraction of sp³-hybridized carbons (Fsp3) is 0.667. The lowest BCUT2D eigenvalue weighted by Gasteiger charge is -2.47. The quantitative estimate of drug-likeness (QED) is 0.884. The Bertz CT molecular complexity index is 426. The summed E-state index contributed by atoms with van der Waals surface area (Å²) in [6.07, 6.45) is 5.51. The molecule has 2 atom stereocenters. The van der Waals surface area contributed by atoms with E-state index in [1.165, 1.54) is 37.8 Å². The molecule has 0 aromatic heterocycles. The van der Waals surface area contributed by atoms with Gasteiger partial charge in [0.05, 0.1) is 5.54 Å². The van der Waals surface area contributed by atoms with E-state index in [1.54, 1.807) is 0 Å². The average molecular weight is 272 g/mol. The van der Waals surface area contributed by atoms with Crippen molar-refractivity contribution in [3.8, 4) is 0 Å². The molecule has 1 heterocycles. The second-order valence-corrected chi connectivity index (χ2v) is 6.81. The standard InChI is InChI=1S/C18H28N2/c1-3-4-12-20-14-18(2,16-8-6-5-7-9-16)19-13-17(20)15-10-11-15/h5-9,15,17,19H,3-4,10-14H2,1-2H3. The van der Waals surface area contributed by atoms with Crippen LogP contribution in [0.25, 0.3) is 0 Å². The zero-order valence-electron chi connectivity index (χ0n) is 12.9. The summed E-state index contributed by atoms with van der Waals surface area (Å²) in [7, 11) is 0. The number of rotatable bonds is 5. The van der Waals surface area contributed by atoms with Crippen LogP contribution in [0.5, 0.6) is 0 Å². The molecule has 0 radical (unpaired) electrons. The Kier molecular flexibility index (Phi) is 4.13. The Morgan fingerprint density at radius 2 is 2.00 bits per heavy atom. The smallest absolute Gasteiger partial charge is 0.0535 e. The van der Waals surface area contributed by atoms with E-state index in [-0.39, 0.29) is 5.54 Å². The Labute approximate surface area is 123 Å². The Hall–Kier alpha value is -0.860. The first kappa shape index (κ1) is 14.1. The lowest BCUT2D eigenvalue weighted by Crippen LogP contribution is -2.61. The van der Waals surface area contributed by atoms with Crippen LogP contribution in [0, 0.1) is 5.92 Å². The van der Waals surface area contributed by atoms with Gasteiger partial charge in [0, 0.05) is 19.1 Å². The van der Waals surface area contributed by atoms with Gasteiger partial charge in [-0.05, 0) is 44.2 Å². The summed E-state index contributed by atoms with van der Waals surface area (Å²) in [5.41, 5.74) is 1.54. The highest BCUT2D eigenvalue weighted by molar-refractivity contribution is 5.25. The van der Waals surface area contributed by atoms with Crippen molar-refractivity contribution in [2.24, 2.45) is 5.92 Å². The summed E-state index contributed by atoms with van der Waals surface area (Å²) in [4.78, 5) is 2.77. The zero-order chi connectivity index (χ0) is 14.0. The zero-order valence-corrected chi connectivity index (χ0v) is 12.9. The second-order valence-electron chi connectivity index (χ2n) is 6.81. The first-order valence-corrected chi connectivity index (χ1v) is 8.27. The van der Waals surface area contributed by atoms with Gasteiger partial charge in [0.2, 0.25) is 0 Å². The fourth-order valence-corrected chi connectivity index (χ4v) is 3.59. The minimum atomic E-state index is 0.111. The van der Waals surface area contributed by atoms with Crippen LogP contribution < -0.4 is 5.32 Å². The Balaban J connectivity index is 1.75. The lowest BCUT2D eigenvalue weighted by molar-refractivity contribution is 0.0724. The molecule has 1 aliphatic carbocycles. The van der Waals surface area contributed by atoms with E-state index in [4.69, 9.17) is 0 Å². The van der Waals surface area contributed by atoms with Crippen LogP contribution in [0.1, 0.15) is 45.1 Å². The van der Waals surface area contributed by atoms with E-state index in [0.717, 1.165) is 25.0 Å². The monoisotopic (exact) mass is 272 g/mol. The minimum Gasteiger partial charge on any atom is -0.305 e. The van der Waals surface area contributed by atoms with Crippen molar-refractivity contribution in [1.29, 1.82) is 0 Å². The maximum Gasteiger partial charge on any atom is 0.0535 e. The van der Waals surface area contributed by atoms with Crippen molar-refractivity contribution in [1.82, 2.24) is 10.2 Å². The molecule has 1 N–H and O–H groups in total. The molecule has 3 rings (SSSR count). The van der Waals surface area contributed by atoms with E-state index >= 15 is 0 Å². The molecule has 1 aromatic rings. The van der Waals surface area contributed by atoms with E-state index in [9.17, 15) is 0 Å². The van der Waals surface area contributed by atoms with Gasteiger partial charge in [0.1, 0.15) is 0 Å². The number of benzene rings is 1. The summed E-state index contributed by atoms with van der Waals surface area (Å²) in [6.45, 7) is 8.23. The molecule has 1 aromatic carbocycles. The maximum absolute atomic E-state index is 3.85. The van der Waals surface area contributed by atoms with Gasteiger partial charge in [0.25, 0.3) is 0 Å². The van der Waals surface area contributed by atoms with Crippen LogP contribution in [-0.4, -0.2) is 30.6 Å². The summed E-state index contributed by atoms with van der Waals surface area (Å²) in [5, 5.41) is 3.85. The number of nitrogens with zero attached hydrogens (tertiary/aromatic N) is 1. The Morgan fingerprint density at radius 3 is 2.65 bits per heavy atom. The third-order valence-corrected chi connectivity index (χ3v) is 5.07. The number of hydrogen-bond acceptors (Lipinski definition) is 2. The van der Waals surface area contributed by atoms with Gasteiger partial charge >= 0.3 is 0 Å². The highest BCUT2D eigenvalue weighted by atomic mass is 15.3. The van der Waals surface area contributed by atoms with E-state index in [0.29, 0.717) is 0 Å². The van der Waals surface area contributed by atoms with Crippen molar-refractivity contribution in [2.45, 2.75) is 51.1 Å². The molecule has 0 bridgehead atoms. The molecule has 110 valence electrons. The van der Waals surface area contributed by atoms with Gasteiger partial charge in [-0.25, -0.2) is 0 Å². The largest absolute Gasteiger partial charge is 0.305 e. The number of unbranched alkanes of at least 4 members (excludes halogenated alkanes) is 1. The average Bonchev–Trinajstić information content (AvgIpc) is 3.31. The highest BCUT2D eigenvalue weighted by Gasteiger charge is 2.42. The molecule has 2 nitrogen and oxygen atoms in total. The molecular weight excluding hydrogens is 244 g/mol. The van der Waals surface area contributed by atoms with Gasteiger partial charge in [-0.15, -0.1) is 0 Å². The van der Waals surface area contributed by atoms with Crippen LogP contribution in [0.15, 0.2) is 30.3 Å². The predicted molar refractivity (Wildman–Crippen MR) is 84.8 cm³/mol. The van der Waals surface area contributed by atoms with Crippen molar-refractivity contribution in [3.63, 3.8) is 0 Å². The second kappa shape index (κ2) is 5.87. The summed E-state index contributed by atoms with van der Waals surface area (Å²) >= 11 is 0. The lowest BCUT2D eigenvalue weighted by atomic mass is 9.87. The van der Waals surface area contributed by atoms with Crippen molar-refractivity contribution in [3.05, 3.63) is 35.9 Å². The molecule has 1 saturated carbocycles. The summed E-state index contributed by atoms with van der Waals surface area (Å²) in [6, 6.07) is 11.7. The van der Waals surface area contributed by atoms with Crippen LogP contribution >= 0.6 is 0 Å². The van der Waals surface area contributed by atoms with Gasteiger partial charge < -0.3 is 5.32 Å². The summed E-state index contributed by atoms with van der Waals surface area (Å²) in [5.74, 6) is 0.958. The minimum absolute atomic E-state index is 0.111. The van der Waals surface area contributed by atoms with Crippen LogP contribution in [0.3, 0.4) is 0 Å². The van der Waals surface area contributed by atoms with Crippen LogP contribution in [0.4, 0.5) is 0 Å².